The second-order valence-corrected chi connectivity index (χ2v) is 4.32. The van der Waals surface area contributed by atoms with Crippen LogP contribution >= 0.6 is 0 Å². The van der Waals surface area contributed by atoms with E-state index in [1.807, 2.05) is 0 Å². The smallest absolute Gasteiger partial charge is 0.0329 e. The largest absolute Gasteiger partial charge is 0.0649 e. The van der Waals surface area contributed by atoms with Crippen LogP contribution in [0.5, 0.6) is 0 Å². The Morgan fingerprint density at radius 1 is 1.20 bits per heavy atom. The number of hydrogen-bond acceptors (Lipinski definition) is 0. The van der Waals surface area contributed by atoms with Crippen molar-refractivity contribution in [3.8, 4) is 0 Å². The predicted octanol–water partition coefficient (Wildman–Crippen LogP) is 3.61. The van der Waals surface area contributed by atoms with Crippen molar-refractivity contribution < 1.29 is 0 Å². The molecule has 0 bridgehead atoms. The minimum absolute atomic E-state index is 0.622. The molecule has 0 heterocycles. The van der Waals surface area contributed by atoms with Crippen molar-refractivity contribution in [1.82, 2.24) is 0 Å². The van der Waals surface area contributed by atoms with Crippen LogP contribution < -0.4 is 0 Å². The first kappa shape index (κ1) is 8.10. The zero-order chi connectivity index (χ0) is 7.61. The molecule has 0 nitrogen and oxygen atoms in total. The molecule has 0 atom stereocenters. The Labute approximate surface area is 65.0 Å². The predicted molar refractivity (Wildman–Crippen MR) is 46.0 cm³/mol. The number of rotatable bonds is 2. The highest BCUT2D eigenvalue weighted by molar-refractivity contribution is 4.80. The van der Waals surface area contributed by atoms with Crippen molar-refractivity contribution >= 4 is 0 Å². The van der Waals surface area contributed by atoms with E-state index in [4.69, 9.17) is 0 Å². The van der Waals surface area contributed by atoms with Crippen molar-refractivity contribution in [1.29, 1.82) is 0 Å². The van der Waals surface area contributed by atoms with Gasteiger partial charge in [0, 0.05) is 0 Å². The molecule has 10 heavy (non-hydrogen) atoms. The molecule has 0 heteroatoms. The second kappa shape index (κ2) is 2.94. The minimum Gasteiger partial charge on any atom is -0.0649 e. The summed E-state index contributed by atoms with van der Waals surface area (Å²) in [5.41, 5.74) is 0.622. The molecule has 0 aromatic rings. The Kier molecular flexibility index (Phi) is 2.38. The van der Waals surface area contributed by atoms with Crippen LogP contribution in [0.15, 0.2) is 0 Å². The number of hydrogen-bond donors (Lipinski definition) is 0. The van der Waals surface area contributed by atoms with E-state index in [1.165, 1.54) is 32.1 Å². The molecule has 0 spiro atoms. The lowest BCUT2D eigenvalue weighted by atomic mass is 9.76. The van der Waals surface area contributed by atoms with Gasteiger partial charge in [-0.3, -0.25) is 0 Å². The average molecular weight is 140 g/mol. The van der Waals surface area contributed by atoms with Gasteiger partial charge in [-0.25, -0.2) is 0 Å². The third kappa shape index (κ3) is 1.53. The van der Waals surface area contributed by atoms with Gasteiger partial charge in [0.1, 0.15) is 0 Å². The van der Waals surface area contributed by atoms with Crippen molar-refractivity contribution in [3.05, 3.63) is 0 Å². The molecule has 1 aliphatic rings. The normalized spacial score (nSPS) is 21.9. The Morgan fingerprint density at radius 2 is 1.70 bits per heavy atom. The van der Waals surface area contributed by atoms with Gasteiger partial charge in [0.05, 0.1) is 0 Å². The van der Waals surface area contributed by atoms with E-state index in [1.54, 1.807) is 0 Å². The van der Waals surface area contributed by atoms with Crippen molar-refractivity contribution in [3.63, 3.8) is 0 Å². The summed E-state index contributed by atoms with van der Waals surface area (Å²) >= 11 is 0. The molecule has 1 saturated carbocycles. The Hall–Kier alpha value is 0. The molecule has 0 aliphatic heterocycles. The van der Waals surface area contributed by atoms with E-state index in [2.05, 4.69) is 20.8 Å². The molecule has 0 N–H and O–H groups in total. The fraction of sp³-hybridized carbons (Fsp3) is 1.00. The molecule has 0 saturated heterocycles. The quantitative estimate of drug-likeness (QED) is 0.549. The van der Waals surface area contributed by atoms with Crippen molar-refractivity contribution in [2.24, 2.45) is 11.3 Å². The van der Waals surface area contributed by atoms with Crippen LogP contribution in [0.2, 0.25) is 0 Å². The molecule has 0 aromatic carbocycles. The van der Waals surface area contributed by atoms with Crippen LogP contribution in [0, 0.1) is 11.3 Å². The highest BCUT2D eigenvalue weighted by Crippen LogP contribution is 2.41. The molecule has 0 radical (unpaired) electrons. The first-order valence-electron chi connectivity index (χ1n) is 4.67. The molecular weight excluding hydrogens is 120 g/mol. The summed E-state index contributed by atoms with van der Waals surface area (Å²) in [7, 11) is 0. The van der Waals surface area contributed by atoms with Gasteiger partial charge in [0.25, 0.3) is 0 Å². The summed E-state index contributed by atoms with van der Waals surface area (Å²) in [6.45, 7) is 7.16. The highest BCUT2D eigenvalue weighted by Gasteiger charge is 2.29. The van der Waals surface area contributed by atoms with Crippen molar-refractivity contribution in [2.45, 2.75) is 52.9 Å². The van der Waals surface area contributed by atoms with Crippen LogP contribution in [0.4, 0.5) is 0 Å². The maximum atomic E-state index is 2.42. The van der Waals surface area contributed by atoms with Gasteiger partial charge >= 0.3 is 0 Å². The van der Waals surface area contributed by atoms with E-state index < -0.39 is 0 Å². The fourth-order valence-corrected chi connectivity index (χ4v) is 2.00. The monoisotopic (exact) mass is 140 g/mol. The molecule has 1 rings (SSSR count). The maximum Gasteiger partial charge on any atom is -0.0329 e. The second-order valence-electron chi connectivity index (χ2n) is 4.32. The molecule has 0 amide bonds. The molecule has 0 aromatic heterocycles. The van der Waals surface area contributed by atoms with Gasteiger partial charge in [0.15, 0.2) is 0 Å². The first-order valence-corrected chi connectivity index (χ1v) is 4.67. The standard InChI is InChI=1S/C10H20/c1-4-10(2,3)9-7-5-6-8-9/h9H,4-8H2,1-3H3. The molecule has 60 valence electrons. The fourth-order valence-electron chi connectivity index (χ4n) is 2.00. The Morgan fingerprint density at radius 3 is 2.10 bits per heavy atom. The topological polar surface area (TPSA) is 0 Å². The summed E-state index contributed by atoms with van der Waals surface area (Å²) in [5.74, 6) is 1.03. The van der Waals surface area contributed by atoms with Crippen molar-refractivity contribution in [2.75, 3.05) is 0 Å². The van der Waals surface area contributed by atoms with Gasteiger partial charge in [-0.2, -0.15) is 0 Å². The van der Waals surface area contributed by atoms with E-state index >= 15 is 0 Å². The van der Waals surface area contributed by atoms with Gasteiger partial charge in [-0.05, 0) is 24.2 Å². The van der Waals surface area contributed by atoms with Crippen LogP contribution in [-0.4, -0.2) is 0 Å². The van der Waals surface area contributed by atoms with Gasteiger partial charge < -0.3 is 0 Å². The van der Waals surface area contributed by atoms with E-state index in [-0.39, 0.29) is 0 Å². The summed E-state index contributed by atoms with van der Waals surface area (Å²) in [5, 5.41) is 0. The third-order valence-electron chi connectivity index (χ3n) is 3.37. The lowest BCUT2D eigenvalue weighted by Crippen LogP contribution is -2.20. The highest BCUT2D eigenvalue weighted by atomic mass is 14.3. The van der Waals surface area contributed by atoms with Gasteiger partial charge in [-0.1, -0.05) is 40.0 Å². The van der Waals surface area contributed by atoms with Crippen LogP contribution in [0.25, 0.3) is 0 Å². The molecular formula is C10H20. The van der Waals surface area contributed by atoms with Gasteiger partial charge in [-0.15, -0.1) is 0 Å². The molecule has 1 fully saturated rings. The minimum atomic E-state index is 0.622. The van der Waals surface area contributed by atoms with E-state index in [9.17, 15) is 0 Å². The van der Waals surface area contributed by atoms with Crippen LogP contribution in [0.3, 0.4) is 0 Å². The Bertz CT molecular complexity index is 96.6. The molecule has 0 unspecified atom stereocenters. The third-order valence-corrected chi connectivity index (χ3v) is 3.37. The maximum absolute atomic E-state index is 2.42. The summed E-state index contributed by atoms with van der Waals surface area (Å²) in [6, 6.07) is 0. The van der Waals surface area contributed by atoms with E-state index in [0.717, 1.165) is 5.92 Å². The lowest BCUT2D eigenvalue weighted by molar-refractivity contribution is 0.208. The summed E-state index contributed by atoms with van der Waals surface area (Å²) in [4.78, 5) is 0. The SMILES string of the molecule is CCC(C)(C)C1CCCC1. The first-order chi connectivity index (χ1) is 4.67. The lowest BCUT2D eigenvalue weighted by Gasteiger charge is -2.30. The van der Waals surface area contributed by atoms with E-state index in [0.29, 0.717) is 5.41 Å². The zero-order valence-corrected chi connectivity index (χ0v) is 7.61. The van der Waals surface area contributed by atoms with Crippen LogP contribution in [-0.2, 0) is 0 Å². The zero-order valence-electron chi connectivity index (χ0n) is 7.61. The molecule has 1 aliphatic carbocycles. The summed E-state index contributed by atoms with van der Waals surface area (Å²) in [6.07, 6.45) is 7.28. The Balaban J connectivity index is 2.45. The van der Waals surface area contributed by atoms with Gasteiger partial charge in [0.2, 0.25) is 0 Å². The summed E-state index contributed by atoms with van der Waals surface area (Å²) < 4.78 is 0. The van der Waals surface area contributed by atoms with Crippen LogP contribution in [0.1, 0.15) is 52.9 Å². The average Bonchev–Trinajstić information content (AvgIpc) is 2.38.